The van der Waals surface area contributed by atoms with Gasteiger partial charge in [-0.05, 0) is 39.0 Å². The van der Waals surface area contributed by atoms with Gasteiger partial charge in [-0.25, -0.2) is 0 Å². The molecule has 1 aliphatic carbocycles. The lowest BCUT2D eigenvalue weighted by Crippen LogP contribution is -2.49. The quantitative estimate of drug-likeness (QED) is 0.689. The summed E-state index contributed by atoms with van der Waals surface area (Å²) in [4.78, 5) is 25.1. The first-order valence-electron chi connectivity index (χ1n) is 8.82. The second-order valence-corrected chi connectivity index (χ2v) is 10.4. The molecule has 3 N–H and O–H groups in total. The molecule has 2 aliphatic heterocycles. The second-order valence-electron chi connectivity index (χ2n) is 7.88. The van der Waals surface area contributed by atoms with Gasteiger partial charge in [0.2, 0.25) is 11.8 Å². The lowest BCUT2D eigenvalue weighted by atomic mass is 9.79. The van der Waals surface area contributed by atoms with Gasteiger partial charge in [-0.2, -0.15) is 0 Å². The van der Waals surface area contributed by atoms with Crippen molar-refractivity contribution in [2.24, 2.45) is 23.5 Å². The number of thioether (sulfide) groups is 1. The smallest absolute Gasteiger partial charge is 0.225 e. The molecule has 0 aromatic rings. The van der Waals surface area contributed by atoms with Crippen LogP contribution in [0.2, 0.25) is 0 Å². The number of ether oxygens (including phenoxy) is 1. The van der Waals surface area contributed by atoms with Crippen LogP contribution in [0.15, 0.2) is 0 Å². The van der Waals surface area contributed by atoms with E-state index in [-0.39, 0.29) is 50.6 Å². The minimum Gasteiger partial charge on any atom is -0.374 e. The van der Waals surface area contributed by atoms with Crippen LogP contribution >= 0.6 is 27.7 Å². The van der Waals surface area contributed by atoms with Crippen LogP contribution in [-0.2, 0) is 14.3 Å². The van der Waals surface area contributed by atoms with Crippen molar-refractivity contribution in [1.29, 1.82) is 0 Å². The van der Waals surface area contributed by atoms with Crippen molar-refractivity contribution in [3.63, 3.8) is 0 Å². The van der Waals surface area contributed by atoms with E-state index in [1.54, 1.807) is 11.8 Å². The second kappa shape index (κ2) is 7.16. The van der Waals surface area contributed by atoms with Gasteiger partial charge >= 0.3 is 0 Å². The molecular weight excluding hydrogens is 392 g/mol. The van der Waals surface area contributed by atoms with Gasteiger partial charge in [0.1, 0.15) is 0 Å². The van der Waals surface area contributed by atoms with Gasteiger partial charge < -0.3 is 15.8 Å². The van der Waals surface area contributed by atoms with Crippen LogP contribution in [0.1, 0.15) is 46.0 Å². The molecule has 2 heterocycles. The lowest BCUT2D eigenvalue weighted by Gasteiger charge is -2.38. The molecular formula is C17H27BrN2O3S. The number of hydrogen-bond donors (Lipinski definition) is 2. The number of primary amides is 1. The van der Waals surface area contributed by atoms with E-state index in [1.165, 1.54) is 6.42 Å². The van der Waals surface area contributed by atoms with E-state index in [0.29, 0.717) is 6.61 Å². The highest BCUT2D eigenvalue weighted by Crippen LogP contribution is 2.49. The summed E-state index contributed by atoms with van der Waals surface area (Å²) in [5.41, 5.74) is 5.47. The zero-order valence-corrected chi connectivity index (χ0v) is 16.7. The summed E-state index contributed by atoms with van der Waals surface area (Å²) in [5.74, 6) is -0.406. The molecule has 2 amide bonds. The molecule has 0 aromatic carbocycles. The molecule has 24 heavy (non-hydrogen) atoms. The summed E-state index contributed by atoms with van der Waals surface area (Å²) in [6.45, 7) is 4.72. The van der Waals surface area contributed by atoms with Crippen molar-refractivity contribution >= 4 is 39.5 Å². The Morgan fingerprint density at radius 2 is 2.00 bits per heavy atom. The van der Waals surface area contributed by atoms with Gasteiger partial charge in [-0.1, -0.05) is 28.8 Å². The molecule has 136 valence electrons. The number of amides is 2. The first-order chi connectivity index (χ1) is 11.3. The number of hydrogen-bond acceptors (Lipinski definition) is 4. The Bertz CT molecular complexity index is 516. The maximum Gasteiger partial charge on any atom is 0.225 e. The summed E-state index contributed by atoms with van der Waals surface area (Å²) in [7, 11) is 0. The lowest BCUT2D eigenvalue weighted by molar-refractivity contribution is -0.129. The van der Waals surface area contributed by atoms with Crippen LogP contribution in [0.3, 0.4) is 0 Å². The summed E-state index contributed by atoms with van der Waals surface area (Å²) in [5, 5.41) is 3.13. The fourth-order valence-corrected chi connectivity index (χ4v) is 6.81. The van der Waals surface area contributed by atoms with Crippen molar-refractivity contribution in [1.82, 2.24) is 5.32 Å². The van der Waals surface area contributed by atoms with Gasteiger partial charge in [0, 0.05) is 10.1 Å². The van der Waals surface area contributed by atoms with Gasteiger partial charge in [0.15, 0.2) is 0 Å². The molecule has 0 bridgehead atoms. The molecule has 7 heteroatoms. The predicted molar refractivity (Wildman–Crippen MR) is 98.8 cm³/mol. The normalized spacial score (nSPS) is 41.5. The first kappa shape index (κ1) is 18.5. The van der Waals surface area contributed by atoms with Crippen molar-refractivity contribution in [2.45, 2.75) is 67.0 Å². The maximum atomic E-state index is 12.7. The Kier molecular flexibility index (Phi) is 5.52. The molecule has 0 spiro atoms. The summed E-state index contributed by atoms with van der Waals surface area (Å²) < 4.78 is 5.90. The Hall–Kier alpha value is -0.270. The van der Waals surface area contributed by atoms with E-state index in [1.807, 2.05) is 0 Å². The molecule has 2 saturated heterocycles. The monoisotopic (exact) mass is 418 g/mol. The summed E-state index contributed by atoms with van der Waals surface area (Å²) in [6.07, 6.45) is 4.99. The van der Waals surface area contributed by atoms with E-state index >= 15 is 0 Å². The van der Waals surface area contributed by atoms with Crippen LogP contribution in [0.4, 0.5) is 0 Å². The topological polar surface area (TPSA) is 81.4 Å². The highest BCUT2D eigenvalue weighted by Gasteiger charge is 2.52. The van der Waals surface area contributed by atoms with Crippen molar-refractivity contribution in [3.05, 3.63) is 0 Å². The fraction of sp³-hybridized carbons (Fsp3) is 0.882. The molecule has 6 unspecified atom stereocenters. The molecule has 0 aromatic heterocycles. The number of carbonyl (C=O) groups is 2. The molecule has 0 radical (unpaired) electrons. The summed E-state index contributed by atoms with van der Waals surface area (Å²) >= 11 is 5.30. The largest absolute Gasteiger partial charge is 0.374 e. The predicted octanol–water partition coefficient (Wildman–Crippen LogP) is 2.41. The standard InChI is InChI=1S/C17H27BrN2O3S/c1-17(2)7-10-12(8-23-17)24-16(13(10)14(19)21)20-15(22)9-5-3-4-6-11(9)18/h9-13,16H,3-8H2,1-2H3,(H2,19,21)(H,20,22). The first-order valence-corrected chi connectivity index (χ1v) is 10.7. The molecule has 3 rings (SSSR count). The third kappa shape index (κ3) is 3.78. The summed E-state index contributed by atoms with van der Waals surface area (Å²) in [6, 6.07) is 0. The van der Waals surface area contributed by atoms with Crippen molar-refractivity contribution in [2.75, 3.05) is 6.61 Å². The number of halogens is 1. The van der Waals surface area contributed by atoms with Gasteiger partial charge in [0.05, 0.1) is 29.4 Å². The van der Waals surface area contributed by atoms with Crippen LogP contribution in [0, 0.1) is 17.8 Å². The van der Waals surface area contributed by atoms with Gasteiger partial charge in [-0.3, -0.25) is 9.59 Å². The number of rotatable bonds is 3. The Morgan fingerprint density at radius 1 is 1.29 bits per heavy atom. The van der Waals surface area contributed by atoms with E-state index < -0.39 is 0 Å². The van der Waals surface area contributed by atoms with E-state index in [9.17, 15) is 9.59 Å². The van der Waals surface area contributed by atoms with Crippen LogP contribution in [-0.4, -0.2) is 39.5 Å². The van der Waals surface area contributed by atoms with Crippen LogP contribution < -0.4 is 11.1 Å². The van der Waals surface area contributed by atoms with E-state index in [0.717, 1.165) is 25.7 Å². The average Bonchev–Trinajstić information content (AvgIpc) is 2.83. The SMILES string of the molecule is CC1(C)CC2C(CO1)SC(NC(=O)C1CCCCC1Br)C2C(N)=O. The van der Waals surface area contributed by atoms with Crippen molar-refractivity contribution in [3.8, 4) is 0 Å². The number of fused-ring (bicyclic) bond motifs is 1. The highest BCUT2D eigenvalue weighted by atomic mass is 79.9. The van der Waals surface area contributed by atoms with Gasteiger partial charge in [-0.15, -0.1) is 11.8 Å². The number of alkyl halides is 1. The third-order valence-electron chi connectivity index (χ3n) is 5.58. The molecule has 3 fully saturated rings. The van der Waals surface area contributed by atoms with Gasteiger partial charge in [0.25, 0.3) is 0 Å². The molecule has 1 saturated carbocycles. The van der Waals surface area contributed by atoms with E-state index in [2.05, 4.69) is 35.1 Å². The molecule has 3 aliphatic rings. The minimum atomic E-state index is -0.315. The van der Waals surface area contributed by atoms with Crippen LogP contribution in [0.5, 0.6) is 0 Å². The zero-order valence-electron chi connectivity index (χ0n) is 14.3. The highest BCUT2D eigenvalue weighted by molar-refractivity contribution is 9.09. The van der Waals surface area contributed by atoms with Crippen molar-refractivity contribution < 1.29 is 14.3 Å². The Labute approximate surface area is 156 Å². The zero-order chi connectivity index (χ0) is 17.5. The number of nitrogens with two attached hydrogens (primary N) is 1. The van der Waals surface area contributed by atoms with Crippen LogP contribution in [0.25, 0.3) is 0 Å². The maximum absolute atomic E-state index is 12.7. The number of carbonyl (C=O) groups excluding carboxylic acids is 2. The number of nitrogens with one attached hydrogen (secondary N) is 1. The fourth-order valence-electron chi connectivity index (χ4n) is 4.30. The molecule has 6 atom stereocenters. The van der Waals surface area contributed by atoms with E-state index in [4.69, 9.17) is 10.5 Å². The Morgan fingerprint density at radius 3 is 2.67 bits per heavy atom. The Balaban J connectivity index is 1.70. The average molecular weight is 419 g/mol. The molecule has 5 nitrogen and oxygen atoms in total. The third-order valence-corrected chi connectivity index (χ3v) is 8.22. The minimum absolute atomic E-state index is 0.0109.